The van der Waals surface area contributed by atoms with Crippen molar-refractivity contribution in [2.45, 2.75) is 44.5 Å². The van der Waals surface area contributed by atoms with Crippen molar-refractivity contribution in [1.29, 1.82) is 0 Å². The van der Waals surface area contributed by atoms with E-state index in [0.717, 1.165) is 36.4 Å². The second-order valence-corrected chi connectivity index (χ2v) is 8.11. The number of piperidine rings is 1. The maximum Gasteiger partial charge on any atom is 0.154 e. The summed E-state index contributed by atoms with van der Waals surface area (Å²) in [4.78, 5) is 6.78. The fourth-order valence-corrected chi connectivity index (χ4v) is 3.86. The largest absolute Gasteiger partial charge is 0.390 e. The van der Waals surface area contributed by atoms with Crippen LogP contribution in [0.2, 0.25) is 0 Å². The number of rotatable bonds is 5. The first-order valence-electron chi connectivity index (χ1n) is 9.75. The molecule has 1 fully saturated rings. The number of likely N-dealkylation sites (tertiary alicyclic amines) is 1. The van der Waals surface area contributed by atoms with Crippen molar-refractivity contribution in [3.8, 4) is 0 Å². The summed E-state index contributed by atoms with van der Waals surface area (Å²) in [5, 5.41) is 18.1. The van der Waals surface area contributed by atoms with Gasteiger partial charge in [-0.05, 0) is 37.5 Å². The zero-order valence-electron chi connectivity index (χ0n) is 16.4. The van der Waals surface area contributed by atoms with E-state index in [0.29, 0.717) is 6.54 Å². The Morgan fingerprint density at radius 1 is 1.25 bits per heavy atom. The Kier molecular flexibility index (Phi) is 5.05. The lowest BCUT2D eigenvalue weighted by Gasteiger charge is -2.34. The first-order chi connectivity index (χ1) is 13.4. The highest BCUT2D eigenvalue weighted by atomic mass is 16.3. The van der Waals surface area contributed by atoms with Gasteiger partial charge in [0.25, 0.3) is 0 Å². The molecule has 0 unspecified atom stereocenters. The average Bonchev–Trinajstić information content (AvgIpc) is 3.09. The lowest BCUT2D eigenvalue weighted by atomic mass is 9.94. The third-order valence-corrected chi connectivity index (χ3v) is 5.58. The van der Waals surface area contributed by atoms with Crippen LogP contribution in [0.15, 0.2) is 48.9 Å². The van der Waals surface area contributed by atoms with Gasteiger partial charge in [-0.2, -0.15) is 5.10 Å². The van der Waals surface area contributed by atoms with Crippen LogP contribution in [-0.2, 0) is 12.1 Å². The first-order valence-corrected chi connectivity index (χ1v) is 9.75. The minimum atomic E-state index is -0.478. The highest BCUT2D eigenvalue weighted by molar-refractivity contribution is 5.73. The predicted molar refractivity (Wildman–Crippen MR) is 110 cm³/mol. The number of nitrogens with zero attached hydrogens (tertiary/aromatic N) is 4. The summed E-state index contributed by atoms with van der Waals surface area (Å²) in [5.41, 5.74) is 8.95. The molecule has 7 heteroatoms. The van der Waals surface area contributed by atoms with Crippen molar-refractivity contribution in [1.82, 2.24) is 19.5 Å². The average molecular weight is 380 g/mol. The Labute approximate surface area is 165 Å². The molecule has 0 amide bonds. The highest BCUT2D eigenvalue weighted by Gasteiger charge is 2.26. The van der Waals surface area contributed by atoms with Gasteiger partial charge >= 0.3 is 0 Å². The predicted octanol–water partition coefficient (Wildman–Crippen LogP) is 1.97. The van der Waals surface area contributed by atoms with Gasteiger partial charge in [0.2, 0.25) is 0 Å². The van der Waals surface area contributed by atoms with Gasteiger partial charge in [0.05, 0.1) is 11.6 Å². The summed E-state index contributed by atoms with van der Waals surface area (Å²) in [6.45, 7) is 6.48. The zero-order valence-corrected chi connectivity index (χ0v) is 16.4. The second kappa shape index (κ2) is 7.50. The van der Waals surface area contributed by atoms with E-state index in [9.17, 15) is 5.11 Å². The topological polar surface area (TPSA) is 91.7 Å². The van der Waals surface area contributed by atoms with E-state index in [4.69, 9.17) is 5.73 Å². The SMILES string of the molecule is CC(C)(Nc1ncnn2ccc(CN3CC[C@@H](N)[C@H](O)C3)c12)c1ccccc1. The van der Waals surface area contributed by atoms with E-state index in [1.54, 1.807) is 6.33 Å². The number of nitrogens with two attached hydrogens (primary N) is 1. The first kappa shape index (κ1) is 18.9. The number of β-amino-alcohol motifs (C(OH)–C–C–N with tert-alkyl or cyclic N) is 1. The Morgan fingerprint density at radius 2 is 2.04 bits per heavy atom. The van der Waals surface area contributed by atoms with Gasteiger partial charge in [-0.3, -0.25) is 4.90 Å². The second-order valence-electron chi connectivity index (χ2n) is 8.11. The van der Waals surface area contributed by atoms with Crippen molar-refractivity contribution < 1.29 is 5.11 Å². The molecular formula is C21H28N6O. The quantitative estimate of drug-likeness (QED) is 0.627. The molecule has 0 bridgehead atoms. The van der Waals surface area contributed by atoms with E-state index >= 15 is 0 Å². The molecule has 3 heterocycles. The molecule has 3 aromatic rings. The summed E-state index contributed by atoms with van der Waals surface area (Å²) in [5.74, 6) is 0.804. The number of benzene rings is 1. The molecule has 148 valence electrons. The van der Waals surface area contributed by atoms with E-state index in [1.165, 1.54) is 5.56 Å². The normalized spacial score (nSPS) is 21.1. The van der Waals surface area contributed by atoms with Crippen LogP contribution in [0.3, 0.4) is 0 Å². The number of aliphatic hydroxyl groups is 1. The van der Waals surface area contributed by atoms with Crippen molar-refractivity contribution >= 4 is 11.3 Å². The maximum atomic E-state index is 10.1. The highest BCUT2D eigenvalue weighted by Crippen LogP contribution is 2.29. The summed E-state index contributed by atoms with van der Waals surface area (Å²) < 4.78 is 1.86. The van der Waals surface area contributed by atoms with Crippen LogP contribution in [-0.4, -0.2) is 49.8 Å². The smallest absolute Gasteiger partial charge is 0.154 e. The van der Waals surface area contributed by atoms with Gasteiger partial charge in [0.15, 0.2) is 5.82 Å². The number of nitrogens with one attached hydrogen (secondary N) is 1. The van der Waals surface area contributed by atoms with Gasteiger partial charge in [0, 0.05) is 31.9 Å². The van der Waals surface area contributed by atoms with Crippen LogP contribution in [0.1, 0.15) is 31.4 Å². The van der Waals surface area contributed by atoms with Gasteiger partial charge in [0.1, 0.15) is 11.8 Å². The third-order valence-electron chi connectivity index (χ3n) is 5.58. The van der Waals surface area contributed by atoms with Gasteiger partial charge in [-0.25, -0.2) is 9.50 Å². The number of aliphatic hydroxyl groups excluding tert-OH is 1. The van der Waals surface area contributed by atoms with Crippen LogP contribution in [0, 0.1) is 0 Å². The van der Waals surface area contributed by atoms with Crippen LogP contribution in [0.5, 0.6) is 0 Å². The number of hydrogen-bond acceptors (Lipinski definition) is 6. The molecule has 0 radical (unpaired) electrons. The van der Waals surface area contributed by atoms with E-state index in [1.807, 2.05) is 28.9 Å². The lowest BCUT2D eigenvalue weighted by Crippen LogP contribution is -2.50. The monoisotopic (exact) mass is 380 g/mol. The Hall–Kier alpha value is -2.48. The lowest BCUT2D eigenvalue weighted by molar-refractivity contribution is 0.0501. The molecule has 4 rings (SSSR count). The van der Waals surface area contributed by atoms with Gasteiger partial charge < -0.3 is 16.2 Å². The molecule has 0 saturated carbocycles. The third kappa shape index (κ3) is 3.73. The summed E-state index contributed by atoms with van der Waals surface area (Å²) in [6.07, 6.45) is 3.85. The van der Waals surface area contributed by atoms with Crippen molar-refractivity contribution in [2.24, 2.45) is 5.73 Å². The van der Waals surface area contributed by atoms with E-state index < -0.39 is 6.10 Å². The standard InChI is InChI=1S/C21H28N6O/c1-21(2,16-6-4-3-5-7-16)25-20-19-15(8-11-27(19)24-14-23-20)12-26-10-9-17(22)18(28)13-26/h3-8,11,14,17-18,28H,9-10,12-13,22H2,1-2H3,(H,23,24,25)/t17-,18-/m1/s1. The maximum absolute atomic E-state index is 10.1. The van der Waals surface area contributed by atoms with Gasteiger partial charge in [-0.15, -0.1) is 0 Å². The molecule has 2 aromatic heterocycles. The Balaban J connectivity index is 1.62. The van der Waals surface area contributed by atoms with Gasteiger partial charge in [-0.1, -0.05) is 30.3 Å². The van der Waals surface area contributed by atoms with Crippen LogP contribution >= 0.6 is 0 Å². The number of aromatic nitrogens is 3. The molecule has 0 spiro atoms. The summed E-state index contributed by atoms with van der Waals surface area (Å²) in [7, 11) is 0. The van der Waals surface area contributed by atoms with Crippen molar-refractivity contribution in [3.05, 3.63) is 60.0 Å². The molecule has 1 saturated heterocycles. The van der Waals surface area contributed by atoms with Crippen LogP contribution < -0.4 is 11.1 Å². The minimum absolute atomic E-state index is 0.130. The molecule has 1 aliphatic heterocycles. The van der Waals surface area contributed by atoms with E-state index in [-0.39, 0.29) is 11.6 Å². The molecule has 2 atom stereocenters. The fourth-order valence-electron chi connectivity index (χ4n) is 3.86. The minimum Gasteiger partial charge on any atom is -0.390 e. The molecule has 7 nitrogen and oxygen atoms in total. The molecule has 1 aromatic carbocycles. The summed E-state index contributed by atoms with van der Waals surface area (Å²) >= 11 is 0. The number of fused-ring (bicyclic) bond motifs is 1. The fraction of sp³-hybridized carbons (Fsp3) is 0.429. The number of hydrogen-bond donors (Lipinski definition) is 3. The molecular weight excluding hydrogens is 352 g/mol. The van der Waals surface area contributed by atoms with Crippen molar-refractivity contribution in [3.63, 3.8) is 0 Å². The number of anilines is 1. The van der Waals surface area contributed by atoms with Crippen molar-refractivity contribution in [2.75, 3.05) is 18.4 Å². The van der Waals surface area contributed by atoms with Crippen LogP contribution in [0.4, 0.5) is 5.82 Å². The summed E-state index contributed by atoms with van der Waals surface area (Å²) in [6, 6.07) is 12.3. The molecule has 4 N–H and O–H groups in total. The van der Waals surface area contributed by atoms with Crippen LogP contribution in [0.25, 0.3) is 5.52 Å². The Bertz CT molecular complexity index is 938. The molecule has 28 heavy (non-hydrogen) atoms. The van der Waals surface area contributed by atoms with E-state index in [2.05, 4.69) is 52.3 Å². The zero-order chi connectivity index (χ0) is 19.7. The Morgan fingerprint density at radius 3 is 2.79 bits per heavy atom. The molecule has 1 aliphatic rings. The molecule has 0 aliphatic carbocycles.